The molecule has 1 aromatic carbocycles. The van der Waals surface area contributed by atoms with Crippen molar-refractivity contribution in [2.75, 3.05) is 12.4 Å². The molecule has 4 nitrogen and oxygen atoms in total. The lowest BCUT2D eigenvalue weighted by Gasteiger charge is -2.11. The fourth-order valence-corrected chi connectivity index (χ4v) is 2.69. The van der Waals surface area contributed by atoms with Crippen LogP contribution >= 0.6 is 11.8 Å². The lowest BCUT2D eigenvalue weighted by atomic mass is 10.1. The first-order chi connectivity index (χ1) is 10.1. The van der Waals surface area contributed by atoms with Gasteiger partial charge >= 0.3 is 0 Å². The van der Waals surface area contributed by atoms with E-state index in [4.69, 9.17) is 14.9 Å². The first kappa shape index (κ1) is 15.9. The van der Waals surface area contributed by atoms with Gasteiger partial charge < -0.3 is 14.9 Å². The van der Waals surface area contributed by atoms with Crippen molar-refractivity contribution in [1.29, 1.82) is 0 Å². The van der Waals surface area contributed by atoms with Crippen molar-refractivity contribution >= 4 is 11.8 Å². The van der Waals surface area contributed by atoms with E-state index in [1.165, 1.54) is 0 Å². The molecule has 2 aromatic rings. The first-order valence-electron chi connectivity index (χ1n) is 7.15. The largest absolute Gasteiger partial charge is 0.494 e. The van der Waals surface area contributed by atoms with Gasteiger partial charge in [-0.3, -0.25) is 0 Å². The third-order valence-electron chi connectivity index (χ3n) is 3.18. The highest BCUT2D eigenvalue weighted by Gasteiger charge is 2.11. The van der Waals surface area contributed by atoms with Gasteiger partial charge in [-0.1, -0.05) is 30.8 Å². The summed E-state index contributed by atoms with van der Waals surface area (Å²) in [7, 11) is 0. The van der Waals surface area contributed by atoms with Crippen LogP contribution in [-0.2, 0) is 0 Å². The number of benzene rings is 1. The number of ether oxygens (including phenoxy) is 1. The van der Waals surface area contributed by atoms with Gasteiger partial charge in [-0.2, -0.15) is 0 Å². The summed E-state index contributed by atoms with van der Waals surface area (Å²) >= 11 is 1.54. The number of nitrogens with zero attached hydrogens (tertiary/aromatic N) is 1. The highest BCUT2D eigenvalue weighted by atomic mass is 32.2. The van der Waals surface area contributed by atoms with Crippen molar-refractivity contribution in [3.8, 4) is 5.75 Å². The van der Waals surface area contributed by atoms with E-state index in [0.717, 1.165) is 41.5 Å². The normalized spacial score (nSPS) is 12.4. The van der Waals surface area contributed by atoms with Gasteiger partial charge in [-0.25, -0.2) is 4.98 Å². The highest BCUT2D eigenvalue weighted by Crippen LogP contribution is 2.25. The number of oxazole rings is 1. The van der Waals surface area contributed by atoms with Gasteiger partial charge in [-0.15, -0.1) is 0 Å². The summed E-state index contributed by atoms with van der Waals surface area (Å²) in [5, 5.41) is 0.684. The summed E-state index contributed by atoms with van der Waals surface area (Å²) in [6.45, 7) is 6.69. The van der Waals surface area contributed by atoms with Crippen molar-refractivity contribution in [3.05, 3.63) is 41.3 Å². The van der Waals surface area contributed by atoms with E-state index in [1.807, 2.05) is 38.1 Å². The summed E-state index contributed by atoms with van der Waals surface area (Å²) in [6, 6.07) is 7.91. The van der Waals surface area contributed by atoms with Crippen LogP contribution in [0.1, 0.15) is 36.4 Å². The number of hydrogen-bond donors (Lipinski definition) is 1. The molecule has 0 aliphatic rings. The Morgan fingerprint density at radius 1 is 1.29 bits per heavy atom. The lowest BCUT2D eigenvalue weighted by Crippen LogP contribution is -2.12. The SMILES string of the molecule is CCCOc1ccc(C(N)CSc2nc(C)c(C)o2)cc1. The second kappa shape index (κ2) is 7.52. The van der Waals surface area contributed by atoms with Crippen molar-refractivity contribution in [2.45, 2.75) is 38.5 Å². The van der Waals surface area contributed by atoms with Gasteiger partial charge in [0.25, 0.3) is 5.22 Å². The zero-order chi connectivity index (χ0) is 15.2. The molecule has 1 atom stereocenters. The molecule has 0 aliphatic carbocycles. The van der Waals surface area contributed by atoms with E-state index in [0.29, 0.717) is 5.22 Å². The molecule has 0 spiro atoms. The number of rotatable bonds is 7. The molecule has 0 radical (unpaired) electrons. The van der Waals surface area contributed by atoms with Gasteiger partial charge in [0.05, 0.1) is 12.3 Å². The number of aromatic nitrogens is 1. The monoisotopic (exact) mass is 306 g/mol. The predicted molar refractivity (Wildman–Crippen MR) is 85.9 cm³/mol. The zero-order valence-electron chi connectivity index (χ0n) is 12.8. The van der Waals surface area contributed by atoms with E-state index in [2.05, 4.69) is 11.9 Å². The summed E-state index contributed by atoms with van der Waals surface area (Å²) in [5.74, 6) is 2.48. The molecular weight excluding hydrogens is 284 g/mol. The Labute approximate surface area is 130 Å². The smallest absolute Gasteiger partial charge is 0.256 e. The van der Waals surface area contributed by atoms with E-state index >= 15 is 0 Å². The molecule has 21 heavy (non-hydrogen) atoms. The maximum atomic E-state index is 6.21. The molecule has 0 bridgehead atoms. The Hall–Kier alpha value is -1.46. The number of thioether (sulfide) groups is 1. The number of aryl methyl sites for hydroxylation is 2. The van der Waals surface area contributed by atoms with Crippen LogP contribution in [0.4, 0.5) is 0 Å². The maximum Gasteiger partial charge on any atom is 0.256 e. The Morgan fingerprint density at radius 2 is 2.00 bits per heavy atom. The minimum absolute atomic E-state index is 0.0530. The molecule has 5 heteroatoms. The minimum Gasteiger partial charge on any atom is -0.494 e. The molecular formula is C16H22N2O2S. The molecule has 1 unspecified atom stereocenters. The fourth-order valence-electron chi connectivity index (χ4n) is 1.79. The first-order valence-corrected chi connectivity index (χ1v) is 8.14. The Morgan fingerprint density at radius 3 is 2.57 bits per heavy atom. The molecule has 2 N–H and O–H groups in total. The fraction of sp³-hybridized carbons (Fsp3) is 0.438. The molecule has 1 aromatic heterocycles. The van der Waals surface area contributed by atoms with Gasteiger partial charge in [0.2, 0.25) is 0 Å². The Balaban J connectivity index is 1.89. The van der Waals surface area contributed by atoms with Crippen molar-refractivity contribution in [3.63, 3.8) is 0 Å². The van der Waals surface area contributed by atoms with Crippen LogP contribution in [0.25, 0.3) is 0 Å². The Bertz CT molecular complexity index is 547. The standard InChI is InChI=1S/C16H22N2O2S/c1-4-9-19-14-7-5-13(6-8-14)15(17)10-21-16-18-11(2)12(3)20-16/h5-8,15H,4,9-10,17H2,1-3H3. The third-order valence-corrected chi connectivity index (χ3v) is 4.12. The van der Waals surface area contributed by atoms with Gasteiger partial charge in [0.1, 0.15) is 11.5 Å². The molecule has 114 valence electrons. The summed E-state index contributed by atoms with van der Waals surface area (Å²) in [4.78, 5) is 4.34. The van der Waals surface area contributed by atoms with Crippen LogP contribution in [0.3, 0.4) is 0 Å². The molecule has 0 aliphatic heterocycles. The quantitative estimate of drug-likeness (QED) is 0.787. The molecule has 0 saturated heterocycles. The summed E-state index contributed by atoms with van der Waals surface area (Å²) in [6.07, 6.45) is 1.01. The summed E-state index contributed by atoms with van der Waals surface area (Å²) < 4.78 is 11.1. The Kier molecular flexibility index (Phi) is 5.70. The molecule has 2 rings (SSSR count). The third kappa shape index (κ3) is 4.51. The molecule has 0 fully saturated rings. The topological polar surface area (TPSA) is 61.3 Å². The molecule has 1 heterocycles. The van der Waals surface area contributed by atoms with E-state index in [1.54, 1.807) is 11.8 Å². The van der Waals surface area contributed by atoms with Crippen LogP contribution in [0.5, 0.6) is 5.75 Å². The van der Waals surface area contributed by atoms with Gasteiger partial charge in [-0.05, 0) is 38.0 Å². The number of nitrogens with two attached hydrogens (primary N) is 1. The van der Waals surface area contributed by atoms with Crippen molar-refractivity contribution < 1.29 is 9.15 Å². The van der Waals surface area contributed by atoms with Gasteiger partial charge in [0.15, 0.2) is 0 Å². The second-order valence-corrected chi connectivity index (χ2v) is 5.93. The number of hydrogen-bond acceptors (Lipinski definition) is 5. The van der Waals surface area contributed by atoms with Crippen LogP contribution in [0.2, 0.25) is 0 Å². The molecule has 0 amide bonds. The maximum absolute atomic E-state index is 6.21. The zero-order valence-corrected chi connectivity index (χ0v) is 13.6. The van der Waals surface area contributed by atoms with E-state index in [9.17, 15) is 0 Å². The van der Waals surface area contributed by atoms with Crippen LogP contribution < -0.4 is 10.5 Å². The van der Waals surface area contributed by atoms with E-state index in [-0.39, 0.29) is 6.04 Å². The lowest BCUT2D eigenvalue weighted by molar-refractivity contribution is 0.317. The highest BCUT2D eigenvalue weighted by molar-refractivity contribution is 7.99. The minimum atomic E-state index is -0.0530. The van der Waals surface area contributed by atoms with Crippen LogP contribution in [0.15, 0.2) is 33.9 Å². The van der Waals surface area contributed by atoms with Gasteiger partial charge in [0, 0.05) is 11.8 Å². The summed E-state index contributed by atoms with van der Waals surface area (Å²) in [5.41, 5.74) is 8.23. The molecule has 0 saturated carbocycles. The second-order valence-electron chi connectivity index (χ2n) is 4.96. The average molecular weight is 306 g/mol. The predicted octanol–water partition coefficient (Wildman–Crippen LogP) is 3.87. The van der Waals surface area contributed by atoms with Crippen LogP contribution in [0, 0.1) is 13.8 Å². The van der Waals surface area contributed by atoms with E-state index < -0.39 is 0 Å². The van der Waals surface area contributed by atoms with Crippen LogP contribution in [-0.4, -0.2) is 17.3 Å². The van der Waals surface area contributed by atoms with Crippen molar-refractivity contribution in [2.24, 2.45) is 5.73 Å². The average Bonchev–Trinajstić information content (AvgIpc) is 2.82. The van der Waals surface area contributed by atoms with Crippen molar-refractivity contribution in [1.82, 2.24) is 4.98 Å².